The molecule has 2 aromatic rings. The van der Waals surface area contributed by atoms with Gasteiger partial charge in [-0.05, 0) is 5.56 Å². The van der Waals surface area contributed by atoms with Crippen LogP contribution in [-0.4, -0.2) is 26.7 Å². The number of aromatic nitrogens is 2. The molecule has 0 aliphatic carbocycles. The summed E-state index contributed by atoms with van der Waals surface area (Å²) in [4.78, 5) is 32.4. The molecule has 3 rings (SSSR count). The second-order valence-electron chi connectivity index (χ2n) is 4.56. The zero-order valence-corrected chi connectivity index (χ0v) is 10.2. The molecule has 96 valence electrons. The van der Waals surface area contributed by atoms with E-state index in [-0.39, 0.29) is 30.7 Å². The van der Waals surface area contributed by atoms with Crippen molar-refractivity contribution in [2.24, 2.45) is 0 Å². The van der Waals surface area contributed by atoms with Crippen LogP contribution in [-0.2, 0) is 16.1 Å². The summed E-state index contributed by atoms with van der Waals surface area (Å²) in [5.41, 5.74) is 1.66. The summed E-state index contributed by atoms with van der Waals surface area (Å²) in [6.45, 7) is 0.265. The molecule has 1 aliphatic rings. The van der Waals surface area contributed by atoms with Crippen LogP contribution in [0, 0.1) is 0 Å². The van der Waals surface area contributed by atoms with Gasteiger partial charge < -0.3 is 4.98 Å². The van der Waals surface area contributed by atoms with Gasteiger partial charge in [-0.3, -0.25) is 14.5 Å². The quantitative estimate of drug-likeness (QED) is 0.844. The molecule has 19 heavy (non-hydrogen) atoms. The highest BCUT2D eigenvalue weighted by Crippen LogP contribution is 2.30. The zero-order chi connectivity index (χ0) is 13.2. The maximum atomic E-state index is 12.3. The number of imidazole rings is 1. The van der Waals surface area contributed by atoms with Gasteiger partial charge in [0.1, 0.15) is 0 Å². The molecule has 5 nitrogen and oxygen atoms in total. The first-order chi connectivity index (χ1) is 9.25. The summed E-state index contributed by atoms with van der Waals surface area (Å²) in [5, 5.41) is 0. The highest BCUT2D eigenvalue weighted by Gasteiger charge is 2.39. The molecule has 5 heteroatoms. The summed E-state index contributed by atoms with van der Waals surface area (Å²) in [6.07, 6.45) is 3.41. The average molecular weight is 255 g/mol. The number of nitrogens with zero attached hydrogens (tertiary/aromatic N) is 2. The van der Waals surface area contributed by atoms with Crippen LogP contribution >= 0.6 is 0 Å². The highest BCUT2D eigenvalue weighted by atomic mass is 16.2. The third-order valence-electron chi connectivity index (χ3n) is 3.33. The van der Waals surface area contributed by atoms with Crippen molar-refractivity contribution in [3.8, 4) is 0 Å². The standard InChI is InChI=1S/C14H13N3O2/c18-13-6-12(10-4-2-1-3-5-10)14(19)17(13)8-11-7-15-9-16-11/h1-5,7,9,12H,6,8H2,(H,15,16). The second-order valence-corrected chi connectivity index (χ2v) is 4.56. The van der Waals surface area contributed by atoms with E-state index in [2.05, 4.69) is 9.97 Å². The fraction of sp³-hybridized carbons (Fsp3) is 0.214. The normalized spacial score (nSPS) is 19.2. The molecule has 1 saturated heterocycles. The van der Waals surface area contributed by atoms with E-state index in [0.717, 1.165) is 11.3 Å². The summed E-state index contributed by atoms with van der Waals surface area (Å²) < 4.78 is 0. The van der Waals surface area contributed by atoms with Crippen molar-refractivity contribution in [1.29, 1.82) is 0 Å². The molecule has 0 saturated carbocycles. The van der Waals surface area contributed by atoms with E-state index in [1.165, 1.54) is 11.2 Å². The number of nitrogens with one attached hydrogen (secondary N) is 1. The van der Waals surface area contributed by atoms with Crippen molar-refractivity contribution in [2.75, 3.05) is 0 Å². The van der Waals surface area contributed by atoms with Crippen LogP contribution in [0.4, 0.5) is 0 Å². The van der Waals surface area contributed by atoms with Crippen LogP contribution in [0.15, 0.2) is 42.9 Å². The summed E-state index contributed by atoms with van der Waals surface area (Å²) >= 11 is 0. The van der Waals surface area contributed by atoms with Crippen molar-refractivity contribution in [3.05, 3.63) is 54.1 Å². The fourth-order valence-corrected chi connectivity index (χ4v) is 2.34. The molecule has 1 aromatic heterocycles. The number of aromatic amines is 1. The minimum atomic E-state index is -0.350. The van der Waals surface area contributed by atoms with Crippen molar-refractivity contribution < 1.29 is 9.59 Å². The average Bonchev–Trinajstić information content (AvgIpc) is 3.03. The van der Waals surface area contributed by atoms with Crippen LogP contribution in [0.25, 0.3) is 0 Å². The highest BCUT2D eigenvalue weighted by molar-refractivity contribution is 6.06. The first-order valence-electron chi connectivity index (χ1n) is 6.12. The molecular weight excluding hydrogens is 242 g/mol. The number of hydrogen-bond acceptors (Lipinski definition) is 3. The first kappa shape index (κ1) is 11.6. The first-order valence-corrected chi connectivity index (χ1v) is 6.12. The Morgan fingerprint density at radius 2 is 2.05 bits per heavy atom. The van der Waals surface area contributed by atoms with Crippen molar-refractivity contribution in [1.82, 2.24) is 14.9 Å². The Morgan fingerprint density at radius 3 is 2.74 bits per heavy atom. The van der Waals surface area contributed by atoms with Crippen molar-refractivity contribution >= 4 is 11.8 Å². The number of H-pyrrole nitrogens is 1. The molecule has 1 aromatic carbocycles. The molecule has 2 heterocycles. The minimum absolute atomic E-state index is 0.131. The van der Waals surface area contributed by atoms with Gasteiger partial charge in [0.2, 0.25) is 11.8 Å². The van der Waals surface area contributed by atoms with Gasteiger partial charge in [0.05, 0.1) is 24.5 Å². The molecule has 1 N–H and O–H groups in total. The van der Waals surface area contributed by atoms with E-state index < -0.39 is 0 Å². The number of likely N-dealkylation sites (tertiary alicyclic amines) is 1. The molecule has 1 atom stereocenters. The predicted molar refractivity (Wildman–Crippen MR) is 67.9 cm³/mol. The Hall–Kier alpha value is -2.43. The topological polar surface area (TPSA) is 66.1 Å². The van der Waals surface area contributed by atoms with Crippen LogP contribution < -0.4 is 0 Å². The van der Waals surface area contributed by atoms with Crippen LogP contribution in [0.3, 0.4) is 0 Å². The summed E-state index contributed by atoms with van der Waals surface area (Å²) in [7, 11) is 0. The van der Waals surface area contributed by atoms with E-state index in [0.29, 0.717) is 0 Å². The maximum absolute atomic E-state index is 12.3. The molecule has 0 spiro atoms. The number of carbonyl (C=O) groups excluding carboxylic acids is 2. The number of carbonyl (C=O) groups is 2. The molecule has 1 fully saturated rings. The Bertz CT molecular complexity index is 592. The molecular formula is C14H13N3O2. The number of hydrogen-bond donors (Lipinski definition) is 1. The SMILES string of the molecule is O=C1CC(c2ccccc2)C(=O)N1Cc1cnc[nH]1. The largest absolute Gasteiger partial charge is 0.347 e. The monoisotopic (exact) mass is 255 g/mol. The van der Waals surface area contributed by atoms with Crippen molar-refractivity contribution in [2.45, 2.75) is 18.9 Å². The van der Waals surface area contributed by atoms with E-state index in [4.69, 9.17) is 0 Å². The Morgan fingerprint density at radius 1 is 1.26 bits per heavy atom. The number of rotatable bonds is 3. The lowest BCUT2D eigenvalue weighted by Gasteiger charge is -2.13. The predicted octanol–water partition coefficient (Wildman–Crippen LogP) is 1.45. The van der Waals surface area contributed by atoms with Gasteiger partial charge in [0.15, 0.2) is 0 Å². The van der Waals surface area contributed by atoms with Gasteiger partial charge in [0.25, 0.3) is 0 Å². The zero-order valence-electron chi connectivity index (χ0n) is 10.2. The van der Waals surface area contributed by atoms with Crippen LogP contribution in [0.1, 0.15) is 23.6 Å². The lowest BCUT2D eigenvalue weighted by atomic mass is 9.98. The summed E-state index contributed by atoms with van der Waals surface area (Å²) in [6, 6.07) is 9.42. The molecule has 1 unspecified atom stereocenters. The lowest BCUT2D eigenvalue weighted by molar-refractivity contribution is -0.139. The number of imide groups is 1. The third-order valence-corrected chi connectivity index (χ3v) is 3.33. The third kappa shape index (κ3) is 2.14. The maximum Gasteiger partial charge on any atom is 0.237 e. The van der Waals surface area contributed by atoms with Crippen LogP contribution in [0.5, 0.6) is 0 Å². The van der Waals surface area contributed by atoms with Gasteiger partial charge in [-0.2, -0.15) is 0 Å². The van der Waals surface area contributed by atoms with Gasteiger partial charge in [-0.15, -0.1) is 0 Å². The molecule has 0 bridgehead atoms. The van der Waals surface area contributed by atoms with Crippen molar-refractivity contribution in [3.63, 3.8) is 0 Å². The summed E-state index contributed by atoms with van der Waals surface area (Å²) in [5.74, 6) is -0.615. The molecule has 2 amide bonds. The number of benzene rings is 1. The minimum Gasteiger partial charge on any atom is -0.347 e. The van der Waals surface area contributed by atoms with Gasteiger partial charge in [0, 0.05) is 12.6 Å². The van der Waals surface area contributed by atoms with E-state index in [1.807, 2.05) is 30.3 Å². The van der Waals surface area contributed by atoms with Gasteiger partial charge >= 0.3 is 0 Å². The molecule has 0 radical (unpaired) electrons. The van der Waals surface area contributed by atoms with Crippen LogP contribution in [0.2, 0.25) is 0 Å². The van der Waals surface area contributed by atoms with E-state index in [1.54, 1.807) is 6.20 Å². The smallest absolute Gasteiger partial charge is 0.237 e. The Labute approximate surface area is 110 Å². The van der Waals surface area contributed by atoms with Gasteiger partial charge in [-0.1, -0.05) is 30.3 Å². The van der Waals surface area contributed by atoms with E-state index >= 15 is 0 Å². The lowest BCUT2D eigenvalue weighted by Crippen LogP contribution is -2.29. The second kappa shape index (κ2) is 4.68. The molecule has 1 aliphatic heterocycles. The Kier molecular flexibility index (Phi) is 2.87. The van der Waals surface area contributed by atoms with Gasteiger partial charge in [-0.25, -0.2) is 4.98 Å². The fourth-order valence-electron chi connectivity index (χ4n) is 2.34. The van der Waals surface area contributed by atoms with E-state index in [9.17, 15) is 9.59 Å². The number of amides is 2. The Balaban J connectivity index is 1.81.